The molecule has 5 nitrogen and oxygen atoms in total. The summed E-state index contributed by atoms with van der Waals surface area (Å²) in [5.41, 5.74) is 5.46. The van der Waals surface area contributed by atoms with E-state index in [2.05, 4.69) is 11.2 Å². The van der Waals surface area contributed by atoms with Crippen LogP contribution in [0.15, 0.2) is 0 Å². The van der Waals surface area contributed by atoms with Crippen molar-refractivity contribution in [3.05, 3.63) is 0 Å². The SMILES string of the molecule is C#CCC(NC(=O)CCC(C)(C)CCN)C(=O)O. The van der Waals surface area contributed by atoms with Crippen molar-refractivity contribution >= 4 is 11.9 Å². The van der Waals surface area contributed by atoms with Crippen LogP contribution in [0.4, 0.5) is 0 Å². The molecule has 0 radical (unpaired) electrons. The number of hydrogen-bond acceptors (Lipinski definition) is 3. The van der Waals surface area contributed by atoms with Gasteiger partial charge in [0.25, 0.3) is 0 Å². The molecule has 102 valence electrons. The van der Waals surface area contributed by atoms with E-state index >= 15 is 0 Å². The van der Waals surface area contributed by atoms with E-state index in [4.69, 9.17) is 17.3 Å². The first kappa shape index (κ1) is 16.5. The Bertz CT molecular complexity index is 332. The van der Waals surface area contributed by atoms with E-state index < -0.39 is 12.0 Å². The number of nitrogens with one attached hydrogen (secondary N) is 1. The van der Waals surface area contributed by atoms with Crippen LogP contribution in [0.3, 0.4) is 0 Å². The fourth-order valence-corrected chi connectivity index (χ4v) is 1.55. The molecular formula is C13H22N2O3. The van der Waals surface area contributed by atoms with Crippen LogP contribution >= 0.6 is 0 Å². The van der Waals surface area contributed by atoms with Crippen LogP contribution in [-0.4, -0.2) is 29.6 Å². The third-order valence-electron chi connectivity index (χ3n) is 2.81. The molecule has 0 aromatic heterocycles. The summed E-state index contributed by atoms with van der Waals surface area (Å²) in [6, 6.07) is -1.000. The summed E-state index contributed by atoms with van der Waals surface area (Å²) in [6.45, 7) is 4.63. The molecule has 0 aromatic carbocycles. The molecule has 0 aliphatic heterocycles. The van der Waals surface area contributed by atoms with Crippen LogP contribution in [0.5, 0.6) is 0 Å². The lowest BCUT2D eigenvalue weighted by Crippen LogP contribution is -2.40. The van der Waals surface area contributed by atoms with Crippen molar-refractivity contribution in [2.24, 2.45) is 11.1 Å². The predicted molar refractivity (Wildman–Crippen MR) is 69.7 cm³/mol. The average Bonchev–Trinajstić information content (AvgIpc) is 2.26. The van der Waals surface area contributed by atoms with E-state index in [0.717, 1.165) is 6.42 Å². The van der Waals surface area contributed by atoms with Crippen LogP contribution in [0, 0.1) is 17.8 Å². The van der Waals surface area contributed by atoms with Gasteiger partial charge in [0.15, 0.2) is 0 Å². The zero-order chi connectivity index (χ0) is 14.2. The number of aliphatic carboxylic acids is 1. The molecular weight excluding hydrogens is 232 g/mol. The van der Waals surface area contributed by atoms with Crippen LogP contribution in [0.1, 0.15) is 39.5 Å². The van der Waals surface area contributed by atoms with Gasteiger partial charge in [-0.25, -0.2) is 4.79 Å². The molecule has 5 heteroatoms. The maximum Gasteiger partial charge on any atom is 0.327 e. The Balaban J connectivity index is 4.18. The summed E-state index contributed by atoms with van der Waals surface area (Å²) in [6.07, 6.45) is 6.81. The van der Waals surface area contributed by atoms with Gasteiger partial charge in [-0.15, -0.1) is 12.3 Å². The number of rotatable bonds is 8. The van der Waals surface area contributed by atoms with Gasteiger partial charge in [-0.1, -0.05) is 13.8 Å². The zero-order valence-electron chi connectivity index (χ0n) is 11.0. The number of carboxylic acid groups (broad SMARTS) is 1. The lowest BCUT2D eigenvalue weighted by Gasteiger charge is -2.23. The molecule has 1 atom stereocenters. The number of carbonyl (C=O) groups excluding carboxylic acids is 1. The number of carbonyl (C=O) groups is 2. The molecule has 18 heavy (non-hydrogen) atoms. The molecule has 4 N–H and O–H groups in total. The van der Waals surface area contributed by atoms with Gasteiger partial charge in [-0.3, -0.25) is 4.79 Å². The molecule has 0 aliphatic rings. The highest BCUT2D eigenvalue weighted by Crippen LogP contribution is 2.25. The van der Waals surface area contributed by atoms with E-state index in [0.29, 0.717) is 13.0 Å². The van der Waals surface area contributed by atoms with E-state index in [1.807, 2.05) is 13.8 Å². The molecule has 0 saturated carbocycles. The second kappa shape index (κ2) is 7.72. The first-order chi connectivity index (χ1) is 8.32. The molecule has 0 aromatic rings. The van der Waals surface area contributed by atoms with Crippen molar-refractivity contribution in [1.29, 1.82) is 0 Å². The Labute approximate surface area is 108 Å². The summed E-state index contributed by atoms with van der Waals surface area (Å²) < 4.78 is 0. The van der Waals surface area contributed by atoms with Crippen molar-refractivity contribution in [2.75, 3.05) is 6.54 Å². The van der Waals surface area contributed by atoms with Crippen molar-refractivity contribution in [2.45, 2.75) is 45.6 Å². The number of amides is 1. The lowest BCUT2D eigenvalue weighted by atomic mass is 9.84. The number of terminal acetylenes is 1. The molecule has 0 heterocycles. The third kappa shape index (κ3) is 6.92. The normalized spacial score (nSPS) is 12.6. The summed E-state index contributed by atoms with van der Waals surface area (Å²) in [4.78, 5) is 22.4. The Morgan fingerprint density at radius 3 is 2.50 bits per heavy atom. The Kier molecular flexibility index (Phi) is 7.06. The van der Waals surface area contributed by atoms with Crippen LogP contribution in [-0.2, 0) is 9.59 Å². The van der Waals surface area contributed by atoms with Crippen molar-refractivity contribution in [1.82, 2.24) is 5.32 Å². The van der Waals surface area contributed by atoms with Gasteiger partial charge in [0.2, 0.25) is 5.91 Å². The highest BCUT2D eigenvalue weighted by Gasteiger charge is 2.21. The van der Waals surface area contributed by atoms with Gasteiger partial charge in [-0.2, -0.15) is 0 Å². The van der Waals surface area contributed by atoms with Gasteiger partial charge in [0.1, 0.15) is 6.04 Å². The first-order valence-corrected chi connectivity index (χ1v) is 5.98. The number of carboxylic acids is 1. The third-order valence-corrected chi connectivity index (χ3v) is 2.81. The Morgan fingerprint density at radius 2 is 2.06 bits per heavy atom. The molecule has 0 fully saturated rings. The smallest absolute Gasteiger partial charge is 0.327 e. The topological polar surface area (TPSA) is 92.4 Å². The van der Waals surface area contributed by atoms with Crippen LogP contribution in [0.25, 0.3) is 0 Å². The van der Waals surface area contributed by atoms with Gasteiger partial charge >= 0.3 is 5.97 Å². The van der Waals surface area contributed by atoms with Gasteiger partial charge < -0.3 is 16.2 Å². The van der Waals surface area contributed by atoms with Gasteiger partial charge in [-0.05, 0) is 24.8 Å². The highest BCUT2D eigenvalue weighted by atomic mass is 16.4. The molecule has 0 spiro atoms. The second-order valence-corrected chi connectivity index (χ2v) is 5.07. The van der Waals surface area contributed by atoms with Gasteiger partial charge in [0, 0.05) is 12.8 Å². The minimum Gasteiger partial charge on any atom is -0.480 e. The van der Waals surface area contributed by atoms with Crippen molar-refractivity contribution < 1.29 is 14.7 Å². The van der Waals surface area contributed by atoms with E-state index in [1.54, 1.807) is 0 Å². The maximum absolute atomic E-state index is 11.6. The van der Waals surface area contributed by atoms with Crippen molar-refractivity contribution in [3.8, 4) is 12.3 Å². The van der Waals surface area contributed by atoms with E-state index in [-0.39, 0.29) is 24.2 Å². The Morgan fingerprint density at radius 1 is 1.44 bits per heavy atom. The van der Waals surface area contributed by atoms with Crippen molar-refractivity contribution in [3.63, 3.8) is 0 Å². The fourth-order valence-electron chi connectivity index (χ4n) is 1.55. The Hall–Kier alpha value is -1.54. The molecule has 0 saturated heterocycles. The monoisotopic (exact) mass is 254 g/mol. The largest absolute Gasteiger partial charge is 0.480 e. The minimum atomic E-state index is -1.11. The van der Waals surface area contributed by atoms with Gasteiger partial charge in [0.05, 0.1) is 0 Å². The molecule has 0 bridgehead atoms. The highest BCUT2D eigenvalue weighted by molar-refractivity contribution is 5.83. The summed E-state index contributed by atoms with van der Waals surface area (Å²) in [5.74, 6) is 0.837. The van der Waals surface area contributed by atoms with Crippen LogP contribution < -0.4 is 11.1 Å². The molecule has 0 rings (SSSR count). The average molecular weight is 254 g/mol. The zero-order valence-corrected chi connectivity index (χ0v) is 11.0. The minimum absolute atomic E-state index is 0.00668. The lowest BCUT2D eigenvalue weighted by molar-refractivity contribution is -0.141. The predicted octanol–water partition coefficient (Wildman–Crippen LogP) is 0.734. The standard InChI is InChI=1S/C13H22N2O3/c1-4-5-10(12(17)18)15-11(16)6-7-13(2,3)8-9-14/h1,10H,5-9,14H2,2-3H3,(H,15,16)(H,17,18). The fraction of sp³-hybridized carbons (Fsp3) is 0.692. The summed E-state index contributed by atoms with van der Waals surface area (Å²) in [5, 5.41) is 11.3. The molecule has 0 aliphatic carbocycles. The maximum atomic E-state index is 11.6. The second-order valence-electron chi connectivity index (χ2n) is 5.07. The number of hydrogen-bond donors (Lipinski definition) is 3. The molecule has 1 amide bonds. The quantitative estimate of drug-likeness (QED) is 0.557. The molecule has 1 unspecified atom stereocenters. The first-order valence-electron chi connectivity index (χ1n) is 5.98. The van der Waals surface area contributed by atoms with E-state index in [9.17, 15) is 9.59 Å². The number of nitrogens with two attached hydrogens (primary N) is 1. The van der Waals surface area contributed by atoms with Crippen LogP contribution in [0.2, 0.25) is 0 Å². The van der Waals surface area contributed by atoms with E-state index in [1.165, 1.54) is 0 Å². The summed E-state index contributed by atoms with van der Waals surface area (Å²) >= 11 is 0. The summed E-state index contributed by atoms with van der Waals surface area (Å²) in [7, 11) is 0.